The van der Waals surface area contributed by atoms with Crippen molar-refractivity contribution in [3.63, 3.8) is 0 Å². The molecule has 1 rings (SSSR count). The van der Waals surface area contributed by atoms with Crippen LogP contribution in [0.2, 0.25) is 0 Å². The fourth-order valence-corrected chi connectivity index (χ4v) is 2.51. The SMILES string of the molecule is C[C@H]1CC[C@@](C)(C(=O)C[NH3+])C1(C)C. The molecular formula is C11H22NO+. The Morgan fingerprint density at radius 3 is 2.31 bits per heavy atom. The molecule has 2 atom stereocenters. The van der Waals surface area contributed by atoms with Crippen LogP contribution in [0, 0.1) is 16.7 Å². The summed E-state index contributed by atoms with van der Waals surface area (Å²) in [5.74, 6) is 0.981. The molecule has 13 heavy (non-hydrogen) atoms. The monoisotopic (exact) mass is 184 g/mol. The molecule has 76 valence electrons. The smallest absolute Gasteiger partial charge is 0.193 e. The zero-order valence-electron chi connectivity index (χ0n) is 9.31. The first-order chi connectivity index (χ1) is 5.86. The van der Waals surface area contributed by atoms with Crippen LogP contribution in [0.15, 0.2) is 0 Å². The van der Waals surface area contributed by atoms with Crippen LogP contribution in [0.3, 0.4) is 0 Å². The topological polar surface area (TPSA) is 44.7 Å². The highest BCUT2D eigenvalue weighted by Crippen LogP contribution is 2.55. The van der Waals surface area contributed by atoms with Crippen molar-refractivity contribution >= 4 is 5.78 Å². The normalized spacial score (nSPS) is 37.8. The molecule has 1 fully saturated rings. The maximum absolute atomic E-state index is 11.8. The van der Waals surface area contributed by atoms with Crippen LogP contribution in [-0.2, 0) is 4.79 Å². The maximum Gasteiger partial charge on any atom is 0.193 e. The Bertz CT molecular complexity index is 222. The third-order valence-electron chi connectivity index (χ3n) is 4.57. The van der Waals surface area contributed by atoms with Crippen molar-refractivity contribution in [1.29, 1.82) is 0 Å². The van der Waals surface area contributed by atoms with Crippen LogP contribution < -0.4 is 5.73 Å². The van der Waals surface area contributed by atoms with Gasteiger partial charge in [0.1, 0.15) is 6.54 Å². The van der Waals surface area contributed by atoms with Gasteiger partial charge in [0.05, 0.1) is 0 Å². The predicted molar refractivity (Wildman–Crippen MR) is 53.0 cm³/mol. The zero-order valence-corrected chi connectivity index (χ0v) is 9.31. The lowest BCUT2D eigenvalue weighted by atomic mass is 9.64. The van der Waals surface area contributed by atoms with E-state index >= 15 is 0 Å². The van der Waals surface area contributed by atoms with Gasteiger partial charge in [-0.25, -0.2) is 0 Å². The van der Waals surface area contributed by atoms with E-state index < -0.39 is 0 Å². The van der Waals surface area contributed by atoms with Gasteiger partial charge in [0.25, 0.3) is 0 Å². The number of hydrogen-bond donors (Lipinski definition) is 1. The lowest BCUT2D eigenvalue weighted by Crippen LogP contribution is -2.59. The van der Waals surface area contributed by atoms with Gasteiger partial charge in [-0.2, -0.15) is 0 Å². The summed E-state index contributed by atoms with van der Waals surface area (Å²) in [6, 6.07) is 0. The summed E-state index contributed by atoms with van der Waals surface area (Å²) in [5, 5.41) is 0. The molecule has 3 N–H and O–H groups in total. The molecule has 0 aromatic heterocycles. The Morgan fingerprint density at radius 1 is 1.46 bits per heavy atom. The molecule has 0 aliphatic heterocycles. The van der Waals surface area contributed by atoms with Gasteiger partial charge in [0.15, 0.2) is 5.78 Å². The van der Waals surface area contributed by atoms with E-state index in [-0.39, 0.29) is 10.8 Å². The molecule has 0 amide bonds. The molecule has 0 bridgehead atoms. The van der Waals surface area contributed by atoms with E-state index in [1.807, 2.05) is 0 Å². The van der Waals surface area contributed by atoms with Crippen LogP contribution in [0.25, 0.3) is 0 Å². The third kappa shape index (κ3) is 1.32. The average Bonchev–Trinajstić information content (AvgIpc) is 2.29. The molecule has 0 heterocycles. The van der Waals surface area contributed by atoms with Crippen LogP contribution in [0.5, 0.6) is 0 Å². The number of hydrogen-bond acceptors (Lipinski definition) is 1. The largest absolute Gasteiger partial charge is 0.351 e. The summed E-state index contributed by atoms with van der Waals surface area (Å²) in [6.45, 7) is 9.24. The van der Waals surface area contributed by atoms with E-state index in [2.05, 4.69) is 33.4 Å². The van der Waals surface area contributed by atoms with E-state index in [9.17, 15) is 4.79 Å². The van der Waals surface area contributed by atoms with Gasteiger partial charge in [-0.1, -0.05) is 27.7 Å². The van der Waals surface area contributed by atoms with Crippen molar-refractivity contribution in [2.75, 3.05) is 6.54 Å². The number of ketones is 1. The summed E-state index contributed by atoms with van der Waals surface area (Å²) in [6.07, 6.45) is 2.21. The van der Waals surface area contributed by atoms with Gasteiger partial charge in [-0.3, -0.25) is 4.79 Å². The first-order valence-electron chi connectivity index (χ1n) is 5.19. The molecule has 0 radical (unpaired) electrons. The molecule has 0 aromatic rings. The highest BCUT2D eigenvalue weighted by molar-refractivity contribution is 5.86. The highest BCUT2D eigenvalue weighted by Gasteiger charge is 2.53. The average molecular weight is 184 g/mol. The van der Waals surface area contributed by atoms with Gasteiger partial charge in [0.2, 0.25) is 0 Å². The van der Waals surface area contributed by atoms with Crippen molar-refractivity contribution in [2.24, 2.45) is 16.7 Å². The Kier molecular flexibility index (Phi) is 2.54. The molecule has 0 unspecified atom stereocenters. The van der Waals surface area contributed by atoms with E-state index in [4.69, 9.17) is 0 Å². The summed E-state index contributed by atoms with van der Waals surface area (Å²) >= 11 is 0. The molecule has 2 nitrogen and oxygen atoms in total. The van der Waals surface area contributed by atoms with Gasteiger partial charge in [0, 0.05) is 5.41 Å². The van der Waals surface area contributed by atoms with Crippen LogP contribution in [-0.4, -0.2) is 12.3 Å². The third-order valence-corrected chi connectivity index (χ3v) is 4.57. The van der Waals surface area contributed by atoms with Gasteiger partial charge in [-0.05, 0) is 24.2 Å². The Labute approximate surface area is 80.9 Å². The Balaban J connectivity index is 2.98. The molecule has 0 saturated heterocycles. The number of carbonyl (C=O) groups is 1. The molecular weight excluding hydrogens is 162 g/mol. The minimum absolute atomic E-state index is 0.131. The van der Waals surface area contributed by atoms with Crippen molar-refractivity contribution < 1.29 is 10.5 Å². The van der Waals surface area contributed by atoms with Gasteiger partial charge < -0.3 is 5.73 Å². The van der Waals surface area contributed by atoms with Crippen molar-refractivity contribution in [1.82, 2.24) is 0 Å². The summed E-state index contributed by atoms with van der Waals surface area (Å²) in [4.78, 5) is 11.8. The number of rotatable bonds is 2. The number of carbonyl (C=O) groups excluding carboxylic acids is 1. The number of quaternary nitrogens is 1. The Morgan fingerprint density at radius 2 is 2.00 bits per heavy atom. The highest BCUT2D eigenvalue weighted by atomic mass is 16.1. The van der Waals surface area contributed by atoms with E-state index in [1.54, 1.807) is 0 Å². The number of Topliss-reactive ketones (excluding diaryl/α,β-unsaturated/α-hetero) is 1. The summed E-state index contributed by atoms with van der Waals surface area (Å²) in [7, 11) is 0. The quantitative estimate of drug-likeness (QED) is 0.690. The van der Waals surface area contributed by atoms with E-state index in [0.29, 0.717) is 18.2 Å². The lowest BCUT2D eigenvalue weighted by molar-refractivity contribution is -0.357. The molecule has 0 aromatic carbocycles. The summed E-state index contributed by atoms with van der Waals surface area (Å²) < 4.78 is 0. The molecule has 0 spiro atoms. The lowest BCUT2D eigenvalue weighted by Gasteiger charge is -2.38. The fourth-order valence-electron chi connectivity index (χ4n) is 2.51. The molecule has 2 heteroatoms. The van der Waals surface area contributed by atoms with Crippen molar-refractivity contribution in [2.45, 2.75) is 40.5 Å². The molecule has 1 aliphatic rings. The van der Waals surface area contributed by atoms with E-state index in [1.165, 1.54) is 6.42 Å². The summed E-state index contributed by atoms with van der Waals surface area (Å²) in [5.41, 5.74) is 3.73. The van der Waals surface area contributed by atoms with E-state index in [0.717, 1.165) is 6.42 Å². The minimum Gasteiger partial charge on any atom is -0.351 e. The van der Waals surface area contributed by atoms with Gasteiger partial charge >= 0.3 is 0 Å². The minimum atomic E-state index is -0.131. The first-order valence-corrected chi connectivity index (χ1v) is 5.19. The van der Waals surface area contributed by atoms with Crippen LogP contribution in [0.1, 0.15) is 40.5 Å². The first kappa shape index (κ1) is 10.7. The van der Waals surface area contributed by atoms with Crippen molar-refractivity contribution in [3.8, 4) is 0 Å². The second-order valence-corrected chi connectivity index (χ2v) is 5.17. The second-order valence-electron chi connectivity index (χ2n) is 5.17. The maximum atomic E-state index is 11.8. The second kappa shape index (κ2) is 3.09. The van der Waals surface area contributed by atoms with Crippen LogP contribution >= 0.6 is 0 Å². The van der Waals surface area contributed by atoms with Gasteiger partial charge in [-0.15, -0.1) is 0 Å². The zero-order chi connectivity index (χ0) is 10.3. The molecule has 1 aliphatic carbocycles. The standard InChI is InChI=1S/C11H21NO/c1-8-5-6-11(4,9(13)7-12)10(8,2)3/h8H,5-7,12H2,1-4H3/p+1/t8-,11-/m0/s1. The predicted octanol–water partition coefficient (Wildman–Crippen LogP) is 1.26. The Hall–Kier alpha value is -0.370. The van der Waals surface area contributed by atoms with Crippen LogP contribution in [0.4, 0.5) is 0 Å². The fraction of sp³-hybridized carbons (Fsp3) is 0.909. The van der Waals surface area contributed by atoms with Crippen molar-refractivity contribution in [3.05, 3.63) is 0 Å². The molecule has 1 saturated carbocycles.